The van der Waals surface area contributed by atoms with E-state index in [0.717, 1.165) is 5.92 Å². The summed E-state index contributed by atoms with van der Waals surface area (Å²) >= 11 is 1.97. The van der Waals surface area contributed by atoms with Crippen LogP contribution in [-0.2, 0) is 0 Å². The van der Waals surface area contributed by atoms with Crippen molar-refractivity contribution in [3.8, 4) is 0 Å². The van der Waals surface area contributed by atoms with E-state index >= 15 is 0 Å². The van der Waals surface area contributed by atoms with Gasteiger partial charge in [0.2, 0.25) is 0 Å². The van der Waals surface area contributed by atoms with Crippen LogP contribution in [0.1, 0.15) is 19.3 Å². The van der Waals surface area contributed by atoms with Crippen molar-refractivity contribution in [3.05, 3.63) is 0 Å². The first-order valence-corrected chi connectivity index (χ1v) is 5.52. The Morgan fingerprint density at radius 2 is 2.00 bits per heavy atom. The Bertz CT molecular complexity index is 84.2. The highest BCUT2D eigenvalue weighted by Gasteiger charge is 2.11. The molecule has 0 spiro atoms. The lowest BCUT2D eigenvalue weighted by Crippen LogP contribution is -2.27. The average molecular weight is 196 g/mol. The molecule has 3 heteroatoms. The molecule has 11 heavy (non-hydrogen) atoms. The van der Waals surface area contributed by atoms with Gasteiger partial charge in [0.25, 0.3) is 0 Å². The summed E-state index contributed by atoms with van der Waals surface area (Å²) < 4.78 is 0. The van der Waals surface area contributed by atoms with Crippen LogP contribution in [-0.4, -0.2) is 25.1 Å². The van der Waals surface area contributed by atoms with Crippen LogP contribution in [0.4, 0.5) is 0 Å². The molecule has 0 unspecified atom stereocenters. The SMILES string of the molecule is CSCCC1CCNCC1.Cl. The Morgan fingerprint density at radius 3 is 2.55 bits per heavy atom. The summed E-state index contributed by atoms with van der Waals surface area (Å²) in [6.45, 7) is 2.50. The van der Waals surface area contributed by atoms with Crippen LogP contribution in [0, 0.1) is 5.92 Å². The molecule has 0 bridgehead atoms. The van der Waals surface area contributed by atoms with Gasteiger partial charge in [-0.2, -0.15) is 11.8 Å². The molecule has 1 rings (SSSR count). The lowest BCUT2D eigenvalue weighted by atomic mass is 9.96. The van der Waals surface area contributed by atoms with E-state index in [-0.39, 0.29) is 12.4 Å². The molecule has 0 aromatic heterocycles. The van der Waals surface area contributed by atoms with E-state index in [4.69, 9.17) is 0 Å². The maximum Gasteiger partial charge on any atom is -0.00463 e. The minimum Gasteiger partial charge on any atom is -0.317 e. The molecule has 0 atom stereocenters. The fourth-order valence-electron chi connectivity index (χ4n) is 1.45. The Hall–Kier alpha value is 0.600. The third-order valence-corrected chi connectivity index (χ3v) is 2.83. The normalized spacial score (nSPS) is 19.4. The van der Waals surface area contributed by atoms with Crippen LogP contribution < -0.4 is 5.32 Å². The van der Waals surface area contributed by atoms with Crippen molar-refractivity contribution in [2.45, 2.75) is 19.3 Å². The van der Waals surface area contributed by atoms with E-state index in [1.807, 2.05) is 11.8 Å². The molecule has 0 radical (unpaired) electrons. The predicted octanol–water partition coefficient (Wildman–Crippen LogP) is 2.16. The second-order valence-corrected chi connectivity index (χ2v) is 3.96. The highest BCUT2D eigenvalue weighted by Crippen LogP contribution is 2.17. The number of piperidine rings is 1. The summed E-state index contributed by atoms with van der Waals surface area (Å²) in [6.07, 6.45) is 6.44. The Morgan fingerprint density at radius 1 is 1.36 bits per heavy atom. The molecule has 1 saturated heterocycles. The number of hydrogen-bond donors (Lipinski definition) is 1. The quantitative estimate of drug-likeness (QED) is 0.741. The maximum atomic E-state index is 3.38. The first-order chi connectivity index (χ1) is 4.93. The minimum atomic E-state index is 0. The Balaban J connectivity index is 0.000001000. The topological polar surface area (TPSA) is 12.0 Å². The lowest BCUT2D eigenvalue weighted by molar-refractivity contribution is 0.367. The van der Waals surface area contributed by atoms with Gasteiger partial charge in [0, 0.05) is 0 Å². The molecule has 1 fully saturated rings. The van der Waals surface area contributed by atoms with Crippen molar-refractivity contribution in [2.75, 3.05) is 25.1 Å². The molecule has 1 nitrogen and oxygen atoms in total. The Labute approximate surface area is 80.1 Å². The first kappa shape index (κ1) is 11.6. The van der Waals surface area contributed by atoms with E-state index in [1.54, 1.807) is 0 Å². The van der Waals surface area contributed by atoms with Gasteiger partial charge in [0.15, 0.2) is 0 Å². The van der Waals surface area contributed by atoms with Crippen molar-refractivity contribution in [3.63, 3.8) is 0 Å². The molecule has 0 aliphatic carbocycles. The number of rotatable bonds is 3. The zero-order valence-electron chi connectivity index (χ0n) is 7.14. The van der Waals surface area contributed by atoms with Gasteiger partial charge in [-0.3, -0.25) is 0 Å². The van der Waals surface area contributed by atoms with Crippen molar-refractivity contribution < 1.29 is 0 Å². The van der Waals surface area contributed by atoms with Crippen molar-refractivity contribution in [1.29, 1.82) is 0 Å². The number of halogens is 1. The molecule has 1 aliphatic rings. The molecular weight excluding hydrogens is 178 g/mol. The van der Waals surface area contributed by atoms with Crippen molar-refractivity contribution in [1.82, 2.24) is 5.32 Å². The summed E-state index contributed by atoms with van der Waals surface area (Å²) in [5.41, 5.74) is 0. The van der Waals surface area contributed by atoms with Crippen LogP contribution in [0.5, 0.6) is 0 Å². The summed E-state index contributed by atoms with van der Waals surface area (Å²) in [4.78, 5) is 0. The molecule has 68 valence electrons. The average Bonchev–Trinajstić information content (AvgIpc) is 2.03. The molecule has 1 heterocycles. The smallest absolute Gasteiger partial charge is 0.00463 e. The molecule has 1 N–H and O–H groups in total. The predicted molar refractivity (Wildman–Crippen MR) is 55.8 cm³/mol. The van der Waals surface area contributed by atoms with Gasteiger partial charge in [-0.25, -0.2) is 0 Å². The van der Waals surface area contributed by atoms with Crippen LogP contribution >= 0.6 is 24.2 Å². The lowest BCUT2D eigenvalue weighted by Gasteiger charge is -2.21. The molecular formula is C8H18ClNS. The zero-order valence-corrected chi connectivity index (χ0v) is 8.77. The Kier molecular flexibility index (Phi) is 7.66. The molecule has 0 amide bonds. The summed E-state index contributed by atoms with van der Waals surface area (Å²) in [7, 11) is 0. The summed E-state index contributed by atoms with van der Waals surface area (Å²) in [6, 6.07) is 0. The molecule has 0 saturated carbocycles. The molecule has 0 aromatic rings. The third-order valence-electron chi connectivity index (χ3n) is 2.19. The van der Waals surface area contributed by atoms with E-state index < -0.39 is 0 Å². The van der Waals surface area contributed by atoms with Crippen LogP contribution in [0.15, 0.2) is 0 Å². The van der Waals surface area contributed by atoms with Crippen LogP contribution in [0.2, 0.25) is 0 Å². The van der Waals surface area contributed by atoms with Gasteiger partial charge >= 0.3 is 0 Å². The highest BCUT2D eigenvalue weighted by atomic mass is 35.5. The maximum absolute atomic E-state index is 3.38. The van der Waals surface area contributed by atoms with Gasteiger partial charge in [-0.15, -0.1) is 12.4 Å². The molecule has 1 aliphatic heterocycles. The molecule has 0 aromatic carbocycles. The van der Waals surface area contributed by atoms with E-state index in [2.05, 4.69) is 11.6 Å². The van der Waals surface area contributed by atoms with E-state index in [9.17, 15) is 0 Å². The number of hydrogen-bond acceptors (Lipinski definition) is 2. The van der Waals surface area contributed by atoms with Gasteiger partial charge in [-0.1, -0.05) is 0 Å². The van der Waals surface area contributed by atoms with E-state index in [0.29, 0.717) is 0 Å². The van der Waals surface area contributed by atoms with Crippen molar-refractivity contribution in [2.24, 2.45) is 5.92 Å². The standard InChI is InChI=1S/C8H17NS.ClH/c1-10-7-4-8-2-5-9-6-3-8;/h8-9H,2-7H2,1H3;1H. The third kappa shape index (κ3) is 4.94. The zero-order chi connectivity index (χ0) is 7.23. The van der Waals surface area contributed by atoms with Gasteiger partial charge in [0.1, 0.15) is 0 Å². The summed E-state index contributed by atoms with van der Waals surface area (Å²) in [5.74, 6) is 2.37. The van der Waals surface area contributed by atoms with Crippen LogP contribution in [0.25, 0.3) is 0 Å². The van der Waals surface area contributed by atoms with Gasteiger partial charge in [-0.05, 0) is 50.3 Å². The minimum absolute atomic E-state index is 0. The van der Waals surface area contributed by atoms with Crippen LogP contribution in [0.3, 0.4) is 0 Å². The van der Waals surface area contributed by atoms with Gasteiger partial charge < -0.3 is 5.32 Å². The second-order valence-electron chi connectivity index (χ2n) is 2.97. The fraction of sp³-hybridized carbons (Fsp3) is 1.00. The first-order valence-electron chi connectivity index (χ1n) is 4.13. The largest absolute Gasteiger partial charge is 0.317 e. The monoisotopic (exact) mass is 195 g/mol. The van der Waals surface area contributed by atoms with Gasteiger partial charge in [0.05, 0.1) is 0 Å². The highest BCUT2D eigenvalue weighted by molar-refractivity contribution is 7.98. The van der Waals surface area contributed by atoms with E-state index in [1.165, 1.54) is 38.1 Å². The van der Waals surface area contributed by atoms with Crippen molar-refractivity contribution >= 4 is 24.2 Å². The number of thioether (sulfide) groups is 1. The second kappa shape index (κ2) is 7.26. The number of nitrogens with one attached hydrogen (secondary N) is 1. The fourth-order valence-corrected chi connectivity index (χ4v) is 2.02. The summed E-state index contributed by atoms with van der Waals surface area (Å²) in [5, 5.41) is 3.38.